The first-order chi connectivity index (χ1) is 12.2. The van der Waals surface area contributed by atoms with Gasteiger partial charge < -0.3 is 10.6 Å². The van der Waals surface area contributed by atoms with Gasteiger partial charge in [0.2, 0.25) is 0 Å². The molecule has 1 unspecified atom stereocenters. The van der Waals surface area contributed by atoms with Crippen LogP contribution in [0, 0.1) is 5.82 Å². The fourth-order valence-electron chi connectivity index (χ4n) is 3.40. The topological polar surface area (TPSA) is 71.8 Å². The van der Waals surface area contributed by atoms with Crippen molar-refractivity contribution in [2.45, 2.75) is 36.2 Å². The molecule has 2 aromatic rings. The first-order valence-electron chi connectivity index (χ1n) is 8.57. The van der Waals surface area contributed by atoms with Crippen LogP contribution in [0.3, 0.4) is 0 Å². The van der Waals surface area contributed by atoms with Crippen LogP contribution in [0.2, 0.25) is 0 Å². The fraction of sp³-hybridized carbons (Fsp3) is 0.471. The van der Waals surface area contributed by atoms with E-state index in [0.717, 1.165) is 43.7 Å². The Morgan fingerprint density at radius 1 is 1.31 bits per heavy atom. The van der Waals surface area contributed by atoms with E-state index in [1.807, 2.05) is 6.07 Å². The predicted octanol–water partition coefficient (Wildman–Crippen LogP) is 2.73. The van der Waals surface area contributed by atoms with Crippen molar-refractivity contribution in [3.05, 3.63) is 41.5 Å². The van der Waals surface area contributed by atoms with Gasteiger partial charge in [0.1, 0.15) is 5.82 Å². The molecule has 2 aliphatic heterocycles. The average molecular weight is 398 g/mol. The molecule has 1 aromatic carbocycles. The zero-order chi connectivity index (χ0) is 17.2. The number of hydrogen-bond donors (Lipinski definition) is 2. The number of fused-ring (bicyclic) bond motifs is 1. The van der Waals surface area contributed by atoms with Crippen LogP contribution in [0.1, 0.15) is 47.4 Å². The van der Waals surface area contributed by atoms with Crippen molar-refractivity contribution in [1.29, 1.82) is 0 Å². The third kappa shape index (κ3) is 3.87. The first kappa shape index (κ1) is 19.1. The van der Waals surface area contributed by atoms with E-state index < -0.39 is 0 Å². The maximum Gasteiger partial charge on any atom is 0.273 e. The lowest BCUT2D eigenvalue weighted by atomic mass is 10.0. The van der Waals surface area contributed by atoms with E-state index in [9.17, 15) is 9.18 Å². The Balaban J connectivity index is 0.00000196. The Hall–Kier alpha value is -1.64. The van der Waals surface area contributed by atoms with Gasteiger partial charge in [-0.2, -0.15) is 0 Å². The van der Waals surface area contributed by atoms with E-state index in [1.54, 1.807) is 16.9 Å². The zero-order valence-corrected chi connectivity index (χ0v) is 15.8. The second-order valence-corrected chi connectivity index (χ2v) is 7.49. The Labute approximate surface area is 161 Å². The maximum absolute atomic E-state index is 13.9. The molecule has 0 saturated carbocycles. The third-order valence-electron chi connectivity index (χ3n) is 4.76. The third-order valence-corrected chi connectivity index (χ3v) is 5.92. The lowest BCUT2D eigenvalue weighted by Gasteiger charge is -2.25. The van der Waals surface area contributed by atoms with Gasteiger partial charge in [-0.25, -0.2) is 9.07 Å². The smallest absolute Gasteiger partial charge is 0.273 e. The molecule has 1 atom stereocenters. The summed E-state index contributed by atoms with van der Waals surface area (Å²) < 4.78 is 15.7. The number of piperidine rings is 1. The van der Waals surface area contributed by atoms with Gasteiger partial charge in [0.15, 0.2) is 5.69 Å². The van der Waals surface area contributed by atoms with Crippen LogP contribution in [0.25, 0.3) is 0 Å². The summed E-state index contributed by atoms with van der Waals surface area (Å²) in [5.41, 5.74) is 1.16. The largest absolute Gasteiger partial charge is 0.344 e. The molecule has 9 heteroatoms. The summed E-state index contributed by atoms with van der Waals surface area (Å²) in [6, 6.07) is 5.12. The Kier molecular flexibility index (Phi) is 6.16. The highest BCUT2D eigenvalue weighted by molar-refractivity contribution is 7.99. The van der Waals surface area contributed by atoms with Crippen LogP contribution in [0.4, 0.5) is 4.39 Å². The molecule has 0 bridgehead atoms. The molecule has 1 amide bonds. The summed E-state index contributed by atoms with van der Waals surface area (Å²) in [6.07, 6.45) is 4.46. The number of halogens is 2. The minimum atomic E-state index is -0.257. The minimum absolute atomic E-state index is 0. The number of hydrogen-bond acceptors (Lipinski definition) is 5. The molecule has 26 heavy (non-hydrogen) atoms. The van der Waals surface area contributed by atoms with Crippen molar-refractivity contribution in [3.63, 3.8) is 0 Å². The zero-order valence-electron chi connectivity index (χ0n) is 14.2. The van der Waals surface area contributed by atoms with Crippen LogP contribution >= 0.6 is 24.2 Å². The van der Waals surface area contributed by atoms with E-state index in [4.69, 9.17) is 0 Å². The molecule has 0 radical (unpaired) electrons. The van der Waals surface area contributed by atoms with Gasteiger partial charge in [-0.15, -0.1) is 29.3 Å². The highest BCUT2D eigenvalue weighted by Crippen LogP contribution is 2.37. The number of rotatable bonds is 3. The molecule has 0 spiro atoms. The molecule has 1 aromatic heterocycles. The van der Waals surface area contributed by atoms with Gasteiger partial charge in [-0.05, 0) is 44.0 Å². The van der Waals surface area contributed by atoms with Crippen molar-refractivity contribution >= 4 is 30.1 Å². The number of benzene rings is 1. The SMILES string of the molecule is Cl.O=C(NC1CCSc2c(F)cccc21)c1cn(C2CCNCC2)nn1. The number of carbonyl (C=O) groups is 1. The first-order valence-corrected chi connectivity index (χ1v) is 9.55. The van der Waals surface area contributed by atoms with Gasteiger partial charge in [0.25, 0.3) is 5.91 Å². The normalized spacial score (nSPS) is 20.1. The molecule has 1 saturated heterocycles. The van der Waals surface area contributed by atoms with Crippen molar-refractivity contribution in [1.82, 2.24) is 25.6 Å². The van der Waals surface area contributed by atoms with E-state index in [0.29, 0.717) is 10.6 Å². The summed E-state index contributed by atoms with van der Waals surface area (Å²) in [5, 5.41) is 14.5. The highest BCUT2D eigenvalue weighted by atomic mass is 35.5. The molecule has 3 heterocycles. The standard InChI is InChI=1S/C17H20FN5OS.ClH/c18-13-3-1-2-12-14(6-9-25-16(12)13)20-17(24)15-10-23(22-21-15)11-4-7-19-8-5-11;/h1-3,10-11,14,19H,4-9H2,(H,20,24);1H. The molecule has 2 aliphatic rings. The quantitative estimate of drug-likeness (QED) is 0.833. The number of nitrogens with zero attached hydrogens (tertiary/aromatic N) is 3. The Bertz CT molecular complexity index is 780. The van der Waals surface area contributed by atoms with E-state index >= 15 is 0 Å². The number of carbonyl (C=O) groups excluding carboxylic acids is 1. The van der Waals surface area contributed by atoms with Crippen LogP contribution < -0.4 is 10.6 Å². The van der Waals surface area contributed by atoms with Crippen LogP contribution in [-0.4, -0.2) is 39.7 Å². The van der Waals surface area contributed by atoms with Gasteiger partial charge in [0.05, 0.1) is 18.3 Å². The Morgan fingerprint density at radius 2 is 2.12 bits per heavy atom. The van der Waals surface area contributed by atoms with E-state index in [-0.39, 0.29) is 36.2 Å². The van der Waals surface area contributed by atoms with Crippen molar-refractivity contribution in [3.8, 4) is 0 Å². The second kappa shape index (κ2) is 8.37. The molecular weight excluding hydrogens is 377 g/mol. The molecule has 140 valence electrons. The molecule has 0 aliphatic carbocycles. The Morgan fingerprint density at radius 3 is 2.92 bits per heavy atom. The highest BCUT2D eigenvalue weighted by Gasteiger charge is 2.26. The average Bonchev–Trinajstić information content (AvgIpc) is 3.14. The lowest BCUT2D eigenvalue weighted by Crippen LogP contribution is -2.31. The van der Waals surface area contributed by atoms with Gasteiger partial charge in [0, 0.05) is 10.6 Å². The summed E-state index contributed by atoms with van der Waals surface area (Å²) >= 11 is 1.50. The van der Waals surface area contributed by atoms with Crippen LogP contribution in [-0.2, 0) is 0 Å². The van der Waals surface area contributed by atoms with E-state index in [1.165, 1.54) is 17.8 Å². The van der Waals surface area contributed by atoms with Gasteiger partial charge >= 0.3 is 0 Å². The maximum atomic E-state index is 13.9. The molecule has 1 fully saturated rings. The number of thioether (sulfide) groups is 1. The lowest BCUT2D eigenvalue weighted by molar-refractivity contribution is 0.0929. The molecule has 2 N–H and O–H groups in total. The monoisotopic (exact) mass is 397 g/mol. The summed E-state index contributed by atoms with van der Waals surface area (Å²) in [7, 11) is 0. The van der Waals surface area contributed by atoms with Crippen LogP contribution in [0.5, 0.6) is 0 Å². The van der Waals surface area contributed by atoms with Crippen molar-refractivity contribution in [2.24, 2.45) is 0 Å². The molecule has 6 nitrogen and oxygen atoms in total. The van der Waals surface area contributed by atoms with Crippen molar-refractivity contribution in [2.75, 3.05) is 18.8 Å². The summed E-state index contributed by atoms with van der Waals surface area (Å²) in [5.74, 6) is 0.297. The number of aromatic nitrogens is 3. The van der Waals surface area contributed by atoms with Crippen molar-refractivity contribution < 1.29 is 9.18 Å². The van der Waals surface area contributed by atoms with E-state index in [2.05, 4.69) is 20.9 Å². The van der Waals surface area contributed by atoms with Gasteiger partial charge in [-0.3, -0.25) is 4.79 Å². The minimum Gasteiger partial charge on any atom is -0.344 e. The number of amides is 1. The van der Waals surface area contributed by atoms with Crippen LogP contribution in [0.15, 0.2) is 29.3 Å². The summed E-state index contributed by atoms with van der Waals surface area (Å²) in [6.45, 7) is 1.91. The molecule has 4 rings (SSSR count). The fourth-order valence-corrected chi connectivity index (χ4v) is 4.54. The predicted molar refractivity (Wildman–Crippen MR) is 100 cm³/mol. The second-order valence-electron chi connectivity index (χ2n) is 6.39. The molecular formula is C17H21ClFN5OS. The summed E-state index contributed by atoms with van der Waals surface area (Å²) in [4.78, 5) is 13.2. The number of nitrogens with one attached hydrogen (secondary N) is 2. The van der Waals surface area contributed by atoms with Gasteiger partial charge in [-0.1, -0.05) is 17.3 Å².